The van der Waals surface area contributed by atoms with Gasteiger partial charge in [0.1, 0.15) is 24.1 Å². The third kappa shape index (κ3) is 6.16. The maximum Gasteiger partial charge on any atom is 0.416 e. The van der Waals surface area contributed by atoms with Gasteiger partial charge in [-0.15, -0.1) is 5.10 Å². The molecule has 1 aromatic heterocycles. The molecule has 0 spiro atoms. The average molecular weight is 514 g/mol. The van der Waals surface area contributed by atoms with Crippen LogP contribution in [0.25, 0.3) is 16.8 Å². The fourth-order valence-electron chi connectivity index (χ4n) is 3.49. The summed E-state index contributed by atoms with van der Waals surface area (Å²) in [6.07, 6.45) is -1.62. The minimum absolute atomic E-state index is 0.0466. The van der Waals surface area contributed by atoms with Crippen LogP contribution in [-0.2, 0) is 12.8 Å². The van der Waals surface area contributed by atoms with Gasteiger partial charge in [-0.2, -0.15) is 31.6 Å². The number of hydrogen-bond acceptors (Lipinski definition) is 4. The second-order valence-electron chi connectivity index (χ2n) is 7.84. The Kier molecular flexibility index (Phi) is 7.02. The van der Waals surface area contributed by atoms with Crippen molar-refractivity contribution in [1.29, 1.82) is 5.26 Å². The van der Waals surface area contributed by atoms with Crippen molar-refractivity contribution in [2.75, 3.05) is 0 Å². The number of benzene rings is 2. The van der Waals surface area contributed by atoms with E-state index in [2.05, 4.69) is 15.4 Å². The molecule has 0 saturated carbocycles. The molecule has 5 nitrogen and oxygen atoms in total. The average Bonchev–Trinajstić information content (AvgIpc) is 3.30. The highest BCUT2D eigenvalue weighted by molar-refractivity contribution is 5.80. The van der Waals surface area contributed by atoms with E-state index in [4.69, 9.17) is 4.74 Å². The minimum atomic E-state index is -4.55. The Labute approximate surface area is 206 Å². The molecule has 0 radical (unpaired) electrons. The van der Waals surface area contributed by atoms with Crippen LogP contribution in [0.2, 0.25) is 0 Å². The molecule has 1 heterocycles. The van der Waals surface area contributed by atoms with Crippen LogP contribution in [0, 0.1) is 11.3 Å². The molecule has 37 heavy (non-hydrogen) atoms. The number of alkyl halides is 6. The first-order valence-corrected chi connectivity index (χ1v) is 10.6. The fourth-order valence-corrected chi connectivity index (χ4v) is 3.49. The van der Waals surface area contributed by atoms with Crippen molar-refractivity contribution in [3.8, 4) is 23.1 Å². The number of nitriles is 1. The Hall–Kier alpha value is -4.59. The largest absolute Gasteiger partial charge is 0.489 e. The van der Waals surface area contributed by atoms with Crippen molar-refractivity contribution < 1.29 is 31.1 Å². The highest BCUT2D eigenvalue weighted by atomic mass is 19.4. The highest BCUT2D eigenvalue weighted by Crippen LogP contribution is 2.34. The summed E-state index contributed by atoms with van der Waals surface area (Å²) < 4.78 is 84.6. The second kappa shape index (κ2) is 10.2. The Morgan fingerprint density at radius 1 is 0.892 bits per heavy atom. The summed E-state index contributed by atoms with van der Waals surface area (Å²) in [5, 5.41) is 19.3. The summed E-state index contributed by atoms with van der Waals surface area (Å²) in [5.41, 5.74) is -0.0149. The number of aromatic amines is 1. The molecule has 0 aliphatic heterocycles. The van der Waals surface area contributed by atoms with Crippen LogP contribution in [0.1, 0.15) is 22.4 Å². The first-order chi connectivity index (χ1) is 17.5. The third-order valence-electron chi connectivity index (χ3n) is 5.27. The second-order valence-corrected chi connectivity index (χ2v) is 7.84. The Bertz CT molecular complexity index is 1470. The number of rotatable bonds is 5. The SMILES string of the molecule is N#Cc1[nH]nnc1-c1cc(OCc2cccc(C(F)(F)F)c2)cc(C2=C\C=C\C=C(C(F)(F)F)/C=C\2)c1. The summed E-state index contributed by atoms with van der Waals surface area (Å²) in [7, 11) is 0. The van der Waals surface area contributed by atoms with E-state index in [-0.39, 0.29) is 29.3 Å². The molecule has 1 aliphatic rings. The van der Waals surface area contributed by atoms with Crippen molar-refractivity contribution in [2.24, 2.45) is 0 Å². The lowest BCUT2D eigenvalue weighted by atomic mass is 9.98. The lowest BCUT2D eigenvalue weighted by Crippen LogP contribution is -2.09. The van der Waals surface area contributed by atoms with Crippen molar-refractivity contribution in [3.05, 3.63) is 107 Å². The van der Waals surface area contributed by atoms with Crippen molar-refractivity contribution in [3.63, 3.8) is 0 Å². The lowest BCUT2D eigenvalue weighted by Gasteiger charge is -2.13. The lowest BCUT2D eigenvalue weighted by molar-refractivity contribution is -0.137. The normalized spacial score (nSPS) is 18.4. The van der Waals surface area contributed by atoms with E-state index in [0.717, 1.165) is 24.3 Å². The van der Waals surface area contributed by atoms with Gasteiger partial charge in [-0.1, -0.05) is 47.7 Å². The van der Waals surface area contributed by atoms with Crippen LogP contribution in [0.4, 0.5) is 26.3 Å². The first kappa shape index (κ1) is 25.5. The molecular formula is C26H16F6N4O. The minimum Gasteiger partial charge on any atom is -0.489 e. The van der Waals surface area contributed by atoms with Gasteiger partial charge in [-0.25, -0.2) is 5.10 Å². The van der Waals surface area contributed by atoms with Gasteiger partial charge < -0.3 is 4.74 Å². The molecule has 0 saturated heterocycles. The maximum absolute atomic E-state index is 13.2. The van der Waals surface area contributed by atoms with Gasteiger partial charge in [0, 0.05) is 5.56 Å². The Morgan fingerprint density at radius 3 is 2.38 bits per heavy atom. The van der Waals surface area contributed by atoms with Crippen LogP contribution < -0.4 is 4.74 Å². The first-order valence-electron chi connectivity index (χ1n) is 10.6. The fraction of sp³-hybridized carbons (Fsp3) is 0.115. The predicted octanol–water partition coefficient (Wildman–Crippen LogP) is 6.94. The molecule has 2 aromatic carbocycles. The monoisotopic (exact) mass is 514 g/mol. The van der Waals surface area contributed by atoms with E-state index in [1.54, 1.807) is 12.1 Å². The predicted molar refractivity (Wildman–Crippen MR) is 123 cm³/mol. The number of ether oxygens (including phenoxy) is 1. The Balaban J connectivity index is 1.72. The number of nitrogens with zero attached hydrogens (tertiary/aromatic N) is 3. The van der Waals surface area contributed by atoms with Gasteiger partial charge in [0.2, 0.25) is 0 Å². The smallest absolute Gasteiger partial charge is 0.416 e. The molecule has 0 atom stereocenters. The summed E-state index contributed by atoms with van der Waals surface area (Å²) in [4.78, 5) is 0. The Morgan fingerprint density at radius 2 is 1.65 bits per heavy atom. The zero-order valence-corrected chi connectivity index (χ0v) is 18.7. The van der Waals surface area contributed by atoms with Crippen LogP contribution >= 0.6 is 0 Å². The molecule has 0 amide bonds. The molecule has 1 aliphatic carbocycles. The van der Waals surface area contributed by atoms with Gasteiger partial charge in [0.25, 0.3) is 0 Å². The van der Waals surface area contributed by atoms with Crippen LogP contribution in [0.15, 0.2) is 84.5 Å². The van der Waals surface area contributed by atoms with Crippen LogP contribution in [0.3, 0.4) is 0 Å². The van der Waals surface area contributed by atoms with Gasteiger partial charge in [0.05, 0.1) is 11.1 Å². The number of H-pyrrole nitrogens is 1. The van der Waals surface area contributed by atoms with Crippen molar-refractivity contribution in [1.82, 2.24) is 15.4 Å². The quantitative estimate of drug-likeness (QED) is 0.375. The van der Waals surface area contributed by atoms with Crippen molar-refractivity contribution in [2.45, 2.75) is 19.0 Å². The summed E-state index contributed by atoms with van der Waals surface area (Å²) in [6.45, 7) is -0.216. The van der Waals surface area contributed by atoms with E-state index in [9.17, 15) is 31.6 Å². The van der Waals surface area contributed by atoms with E-state index in [1.165, 1.54) is 42.5 Å². The van der Waals surface area contributed by atoms with Crippen molar-refractivity contribution >= 4 is 5.57 Å². The van der Waals surface area contributed by atoms with Crippen LogP contribution in [-0.4, -0.2) is 21.6 Å². The molecule has 11 heteroatoms. The topological polar surface area (TPSA) is 74.6 Å². The molecule has 0 fully saturated rings. The van der Waals surface area contributed by atoms with Gasteiger partial charge in [0.15, 0.2) is 5.69 Å². The van der Waals surface area contributed by atoms with Crippen LogP contribution in [0.5, 0.6) is 5.75 Å². The summed E-state index contributed by atoms with van der Waals surface area (Å²) in [5.74, 6) is 0.198. The zero-order valence-electron chi connectivity index (χ0n) is 18.7. The zero-order chi connectivity index (χ0) is 26.6. The highest BCUT2D eigenvalue weighted by Gasteiger charge is 2.31. The number of allylic oxidation sites excluding steroid dienone is 8. The standard InChI is InChI=1S/C26H16F6N4O/c27-25(28,29)20-6-2-1-5-17(8-9-20)18-11-19(24-23(14-33)34-36-35-24)13-22(12-18)37-15-16-4-3-7-21(10-16)26(30,31)32/h1-13H,15H2,(H,34,35,36)/b2-1+,5-1?,6-2?,9-8-,17-5-,17-8?,20-6+,20-9?. The number of hydrogen-bond donors (Lipinski definition) is 1. The van der Waals surface area contributed by atoms with E-state index in [0.29, 0.717) is 16.7 Å². The number of halogens is 6. The van der Waals surface area contributed by atoms with Gasteiger partial charge >= 0.3 is 12.4 Å². The number of aromatic nitrogens is 3. The van der Waals surface area contributed by atoms with E-state index < -0.39 is 23.5 Å². The maximum atomic E-state index is 13.2. The molecule has 0 unspecified atom stereocenters. The molecule has 188 valence electrons. The van der Waals surface area contributed by atoms with E-state index >= 15 is 0 Å². The van der Waals surface area contributed by atoms with Gasteiger partial charge in [-0.3, -0.25) is 0 Å². The molecule has 4 rings (SSSR count). The molecule has 0 bridgehead atoms. The summed E-state index contributed by atoms with van der Waals surface area (Å²) >= 11 is 0. The van der Waals surface area contributed by atoms with Gasteiger partial charge in [-0.05, 0) is 53.1 Å². The third-order valence-corrected chi connectivity index (χ3v) is 5.27. The molecule has 3 aromatic rings. The molecule has 1 N–H and O–H groups in total. The molecular weight excluding hydrogens is 498 g/mol. The number of nitrogens with one attached hydrogen (secondary N) is 1. The summed E-state index contributed by atoms with van der Waals surface area (Å²) in [6, 6.07) is 11.2. The van der Waals surface area contributed by atoms with E-state index in [1.807, 2.05) is 6.07 Å².